The van der Waals surface area contributed by atoms with Gasteiger partial charge in [-0.15, -0.1) is 22.9 Å². The van der Waals surface area contributed by atoms with E-state index in [0.717, 1.165) is 18.5 Å². The van der Waals surface area contributed by atoms with Gasteiger partial charge in [-0.3, -0.25) is 0 Å². The molecule has 0 aliphatic heterocycles. The van der Waals surface area contributed by atoms with Crippen LogP contribution < -0.4 is 0 Å². The number of alkyl halides is 1. The van der Waals surface area contributed by atoms with Gasteiger partial charge < -0.3 is 0 Å². The molecule has 1 aromatic rings. The lowest BCUT2D eigenvalue weighted by Crippen LogP contribution is -2.05. The minimum absolute atomic E-state index is 0.274. The smallest absolute Gasteiger partial charge is 0.0930 e. The average Bonchev–Trinajstić information content (AvgIpc) is 2.33. The van der Waals surface area contributed by atoms with Crippen LogP contribution in [0.2, 0.25) is 0 Å². The van der Waals surface area contributed by atoms with E-state index >= 15 is 0 Å². The Hall–Kier alpha value is -0.0800. The number of rotatable bonds is 4. The average molecular weight is 218 g/mol. The molecule has 2 unspecified atom stereocenters. The highest BCUT2D eigenvalue weighted by atomic mass is 35.5. The van der Waals surface area contributed by atoms with Gasteiger partial charge in [0.2, 0.25) is 0 Å². The zero-order valence-corrected chi connectivity index (χ0v) is 9.95. The zero-order chi connectivity index (χ0) is 9.84. The monoisotopic (exact) mass is 217 g/mol. The number of hydrogen-bond donors (Lipinski definition) is 0. The molecule has 0 aromatic carbocycles. The van der Waals surface area contributed by atoms with Gasteiger partial charge in [-0.2, -0.15) is 0 Å². The summed E-state index contributed by atoms with van der Waals surface area (Å²) in [6, 6.07) is 0. The maximum absolute atomic E-state index is 5.93. The van der Waals surface area contributed by atoms with Gasteiger partial charge >= 0.3 is 0 Å². The summed E-state index contributed by atoms with van der Waals surface area (Å²) in [5.41, 5.74) is 1.13. The van der Waals surface area contributed by atoms with Gasteiger partial charge in [0.05, 0.1) is 5.01 Å². The fourth-order valence-electron chi connectivity index (χ4n) is 1.43. The second kappa shape index (κ2) is 4.97. The van der Waals surface area contributed by atoms with Gasteiger partial charge in [0.25, 0.3) is 0 Å². The minimum atomic E-state index is 0.274. The molecule has 0 saturated heterocycles. The van der Waals surface area contributed by atoms with Gasteiger partial charge in [0, 0.05) is 22.9 Å². The third-order valence-corrected chi connectivity index (χ3v) is 3.08. The first kappa shape index (κ1) is 11.0. The highest BCUT2D eigenvalue weighted by Gasteiger charge is 2.09. The maximum Gasteiger partial charge on any atom is 0.0930 e. The molecule has 1 rings (SSSR count). The number of nitrogens with zero attached hydrogens (tertiary/aromatic N) is 1. The summed E-state index contributed by atoms with van der Waals surface area (Å²) in [4.78, 5) is 4.43. The Morgan fingerprint density at radius 3 is 2.69 bits per heavy atom. The molecule has 0 aliphatic carbocycles. The van der Waals surface area contributed by atoms with Gasteiger partial charge in [-0.1, -0.05) is 6.92 Å². The predicted octanol–water partition coefficient (Wildman–Crippen LogP) is 3.65. The summed E-state index contributed by atoms with van der Waals surface area (Å²) in [6.45, 7) is 6.32. The Morgan fingerprint density at radius 1 is 1.54 bits per heavy atom. The molecule has 0 fully saturated rings. The fraction of sp³-hybridized carbons (Fsp3) is 0.700. The topological polar surface area (TPSA) is 12.9 Å². The first-order valence-corrected chi connectivity index (χ1v) is 5.94. The Bertz CT molecular complexity index is 257. The van der Waals surface area contributed by atoms with Crippen molar-refractivity contribution in [1.82, 2.24) is 4.98 Å². The summed E-state index contributed by atoms with van der Waals surface area (Å²) < 4.78 is 0. The van der Waals surface area contributed by atoms with Crippen LogP contribution in [0.25, 0.3) is 0 Å². The molecule has 13 heavy (non-hydrogen) atoms. The van der Waals surface area contributed by atoms with Crippen LogP contribution in [0.15, 0.2) is 5.38 Å². The molecule has 2 atom stereocenters. The molecule has 0 aliphatic rings. The molecular weight excluding hydrogens is 202 g/mol. The highest BCUT2D eigenvalue weighted by molar-refractivity contribution is 7.09. The van der Waals surface area contributed by atoms with Crippen molar-refractivity contribution in [1.29, 1.82) is 0 Å². The van der Waals surface area contributed by atoms with Crippen LogP contribution in [0, 0.1) is 12.8 Å². The van der Waals surface area contributed by atoms with E-state index in [1.165, 1.54) is 5.01 Å². The van der Waals surface area contributed by atoms with Crippen molar-refractivity contribution in [3.8, 4) is 0 Å². The van der Waals surface area contributed by atoms with Crippen molar-refractivity contribution in [3.05, 3.63) is 16.1 Å². The van der Waals surface area contributed by atoms with Crippen molar-refractivity contribution in [2.45, 2.75) is 39.0 Å². The standard InChI is InChI=1S/C10H16ClNS/c1-7(4-8(2)11)5-10-12-9(3)6-13-10/h6-8H,4-5H2,1-3H3. The number of aryl methyl sites for hydroxylation is 1. The van der Waals surface area contributed by atoms with E-state index in [4.69, 9.17) is 11.6 Å². The highest BCUT2D eigenvalue weighted by Crippen LogP contribution is 2.18. The second-order valence-corrected chi connectivity index (χ2v) is 5.40. The molecule has 1 heterocycles. The molecule has 0 N–H and O–H groups in total. The molecule has 1 aromatic heterocycles. The van der Waals surface area contributed by atoms with Crippen molar-refractivity contribution >= 4 is 22.9 Å². The molecule has 0 saturated carbocycles. The lowest BCUT2D eigenvalue weighted by atomic mass is 10.0. The Kier molecular flexibility index (Phi) is 4.20. The van der Waals surface area contributed by atoms with Crippen LogP contribution in [0.5, 0.6) is 0 Å². The summed E-state index contributed by atoms with van der Waals surface area (Å²) in [6.07, 6.45) is 2.13. The molecular formula is C10H16ClNS. The summed E-state index contributed by atoms with van der Waals surface area (Å²) in [5, 5.41) is 3.62. The largest absolute Gasteiger partial charge is 0.247 e. The first-order chi connectivity index (χ1) is 6.08. The van der Waals surface area contributed by atoms with E-state index in [1.807, 2.05) is 13.8 Å². The molecule has 74 valence electrons. The quantitative estimate of drug-likeness (QED) is 0.702. The normalized spacial score (nSPS) is 15.7. The van der Waals surface area contributed by atoms with Crippen LogP contribution in [0.1, 0.15) is 31.0 Å². The lowest BCUT2D eigenvalue weighted by Gasteiger charge is -2.10. The third-order valence-electron chi connectivity index (χ3n) is 1.92. The van der Waals surface area contributed by atoms with Crippen molar-refractivity contribution in [3.63, 3.8) is 0 Å². The maximum atomic E-state index is 5.93. The van der Waals surface area contributed by atoms with E-state index in [2.05, 4.69) is 17.3 Å². The van der Waals surface area contributed by atoms with Crippen molar-refractivity contribution < 1.29 is 0 Å². The summed E-state index contributed by atoms with van der Waals surface area (Å²) in [5.74, 6) is 0.637. The van der Waals surface area contributed by atoms with E-state index in [0.29, 0.717) is 5.92 Å². The molecule has 0 bridgehead atoms. The minimum Gasteiger partial charge on any atom is -0.247 e. The summed E-state index contributed by atoms with van der Waals surface area (Å²) in [7, 11) is 0. The Labute approximate surface area is 89.1 Å². The van der Waals surface area contributed by atoms with Crippen LogP contribution in [0.3, 0.4) is 0 Å². The van der Waals surface area contributed by atoms with Gasteiger partial charge in [-0.25, -0.2) is 4.98 Å². The zero-order valence-electron chi connectivity index (χ0n) is 8.38. The SMILES string of the molecule is Cc1csc(CC(C)CC(C)Cl)n1. The van der Waals surface area contributed by atoms with Crippen molar-refractivity contribution in [2.75, 3.05) is 0 Å². The van der Waals surface area contributed by atoms with Crippen LogP contribution in [-0.4, -0.2) is 10.4 Å². The Balaban J connectivity index is 2.40. The van der Waals surface area contributed by atoms with E-state index in [1.54, 1.807) is 11.3 Å². The third kappa shape index (κ3) is 4.10. The van der Waals surface area contributed by atoms with E-state index < -0.39 is 0 Å². The molecule has 0 amide bonds. The van der Waals surface area contributed by atoms with E-state index in [9.17, 15) is 0 Å². The molecule has 0 radical (unpaired) electrons. The van der Waals surface area contributed by atoms with Gasteiger partial charge in [-0.05, 0) is 26.2 Å². The lowest BCUT2D eigenvalue weighted by molar-refractivity contribution is 0.525. The predicted molar refractivity (Wildman–Crippen MR) is 59.7 cm³/mol. The van der Waals surface area contributed by atoms with Crippen LogP contribution in [0.4, 0.5) is 0 Å². The van der Waals surface area contributed by atoms with Gasteiger partial charge in [0.1, 0.15) is 0 Å². The number of hydrogen-bond acceptors (Lipinski definition) is 2. The van der Waals surface area contributed by atoms with Crippen LogP contribution >= 0.6 is 22.9 Å². The van der Waals surface area contributed by atoms with Crippen molar-refractivity contribution in [2.24, 2.45) is 5.92 Å². The second-order valence-electron chi connectivity index (χ2n) is 3.71. The molecule has 3 heteroatoms. The first-order valence-electron chi connectivity index (χ1n) is 4.63. The van der Waals surface area contributed by atoms with Gasteiger partial charge in [0.15, 0.2) is 0 Å². The summed E-state index contributed by atoms with van der Waals surface area (Å²) >= 11 is 7.68. The fourth-order valence-corrected chi connectivity index (χ4v) is 2.67. The molecule has 0 spiro atoms. The van der Waals surface area contributed by atoms with E-state index in [-0.39, 0.29) is 5.38 Å². The molecule has 1 nitrogen and oxygen atoms in total. The number of halogens is 1. The number of thiazole rings is 1. The number of aromatic nitrogens is 1. The Morgan fingerprint density at radius 2 is 2.23 bits per heavy atom. The van der Waals surface area contributed by atoms with Crippen LogP contribution in [-0.2, 0) is 6.42 Å².